The van der Waals surface area contributed by atoms with E-state index >= 15 is 0 Å². The predicted molar refractivity (Wildman–Crippen MR) is 98.9 cm³/mol. The number of nitrogens with one attached hydrogen (secondary N) is 1. The van der Waals surface area contributed by atoms with E-state index in [2.05, 4.69) is 10.2 Å². The average molecular weight is 381 g/mol. The van der Waals surface area contributed by atoms with Gasteiger partial charge in [-0.15, -0.1) is 11.3 Å². The first kappa shape index (κ1) is 18.2. The van der Waals surface area contributed by atoms with Crippen molar-refractivity contribution in [1.29, 1.82) is 0 Å². The number of rotatable bonds is 7. The van der Waals surface area contributed by atoms with E-state index in [0.29, 0.717) is 31.3 Å². The topological polar surface area (TPSA) is 50.8 Å². The van der Waals surface area contributed by atoms with Gasteiger partial charge in [0, 0.05) is 27.6 Å². The molecule has 3 rings (SSSR count). The second-order valence-electron chi connectivity index (χ2n) is 5.82. The van der Waals surface area contributed by atoms with Crippen LogP contribution in [0.25, 0.3) is 0 Å². The van der Waals surface area contributed by atoms with Crippen LogP contribution in [0, 0.1) is 0 Å². The Bertz CT molecular complexity index is 721. The van der Waals surface area contributed by atoms with Gasteiger partial charge in [0.15, 0.2) is 6.79 Å². The molecule has 0 spiro atoms. The predicted octanol–water partition coefficient (Wildman–Crippen LogP) is 3.41. The SMILES string of the molecule is CCN(CC(=O)NCc1cccs1)Cc1cc(Cl)cc2c1OCOC2. The normalized spacial score (nSPS) is 13.4. The number of hydrogen-bond donors (Lipinski definition) is 1. The maximum Gasteiger partial charge on any atom is 0.234 e. The number of hydrogen-bond acceptors (Lipinski definition) is 5. The minimum absolute atomic E-state index is 0.00963. The van der Waals surface area contributed by atoms with Crippen LogP contribution < -0.4 is 10.1 Å². The first-order valence-electron chi connectivity index (χ1n) is 8.19. The molecule has 134 valence electrons. The van der Waals surface area contributed by atoms with Gasteiger partial charge in [0.1, 0.15) is 5.75 Å². The fourth-order valence-corrected chi connectivity index (χ4v) is 3.66. The van der Waals surface area contributed by atoms with Crippen LogP contribution in [0.5, 0.6) is 5.75 Å². The van der Waals surface area contributed by atoms with Crippen LogP contribution >= 0.6 is 22.9 Å². The molecule has 25 heavy (non-hydrogen) atoms. The van der Waals surface area contributed by atoms with E-state index in [0.717, 1.165) is 28.3 Å². The third-order valence-electron chi connectivity index (χ3n) is 4.00. The highest BCUT2D eigenvalue weighted by Gasteiger charge is 2.19. The van der Waals surface area contributed by atoms with Crippen molar-refractivity contribution in [3.63, 3.8) is 0 Å². The van der Waals surface area contributed by atoms with Gasteiger partial charge in [-0.05, 0) is 30.1 Å². The molecule has 0 unspecified atom stereocenters. The minimum atomic E-state index is 0.00963. The number of likely N-dealkylation sites (N-methyl/N-ethyl adjacent to an activating group) is 1. The van der Waals surface area contributed by atoms with Crippen LogP contribution in [-0.4, -0.2) is 30.7 Å². The smallest absolute Gasteiger partial charge is 0.234 e. The molecule has 0 aliphatic carbocycles. The summed E-state index contributed by atoms with van der Waals surface area (Å²) in [5.74, 6) is 0.837. The summed E-state index contributed by atoms with van der Waals surface area (Å²) in [4.78, 5) is 15.4. The van der Waals surface area contributed by atoms with E-state index in [4.69, 9.17) is 21.1 Å². The van der Waals surface area contributed by atoms with Gasteiger partial charge in [-0.25, -0.2) is 0 Å². The molecule has 7 heteroatoms. The van der Waals surface area contributed by atoms with Crippen LogP contribution in [0.3, 0.4) is 0 Å². The van der Waals surface area contributed by atoms with Gasteiger partial charge in [0.05, 0.1) is 19.7 Å². The Morgan fingerprint density at radius 2 is 2.32 bits per heavy atom. The second kappa shape index (κ2) is 8.67. The van der Waals surface area contributed by atoms with Crippen molar-refractivity contribution in [2.24, 2.45) is 0 Å². The average Bonchev–Trinajstić information content (AvgIpc) is 3.12. The monoisotopic (exact) mass is 380 g/mol. The second-order valence-corrected chi connectivity index (χ2v) is 7.29. The summed E-state index contributed by atoms with van der Waals surface area (Å²) in [6.45, 7) is 5.04. The van der Waals surface area contributed by atoms with Gasteiger partial charge in [-0.2, -0.15) is 0 Å². The Morgan fingerprint density at radius 3 is 3.08 bits per heavy atom. The molecule has 1 amide bonds. The molecule has 0 fully saturated rings. The zero-order chi connectivity index (χ0) is 17.6. The van der Waals surface area contributed by atoms with Crippen molar-refractivity contribution in [1.82, 2.24) is 10.2 Å². The number of nitrogens with zero attached hydrogens (tertiary/aromatic N) is 1. The molecule has 1 aliphatic rings. The van der Waals surface area contributed by atoms with Gasteiger partial charge in [0.25, 0.3) is 0 Å². The number of amides is 1. The largest absolute Gasteiger partial charge is 0.467 e. The molecule has 2 aromatic rings. The fraction of sp³-hybridized carbons (Fsp3) is 0.389. The van der Waals surface area contributed by atoms with Crippen LogP contribution in [-0.2, 0) is 29.2 Å². The highest BCUT2D eigenvalue weighted by molar-refractivity contribution is 7.09. The molecule has 0 atom stereocenters. The highest BCUT2D eigenvalue weighted by atomic mass is 35.5. The third kappa shape index (κ3) is 4.95. The molecule has 0 saturated carbocycles. The molecule has 0 radical (unpaired) electrons. The van der Waals surface area contributed by atoms with Gasteiger partial charge in [0.2, 0.25) is 5.91 Å². The van der Waals surface area contributed by atoms with E-state index in [-0.39, 0.29) is 12.7 Å². The van der Waals surface area contributed by atoms with Crippen molar-refractivity contribution < 1.29 is 14.3 Å². The fourth-order valence-electron chi connectivity index (χ4n) is 2.75. The lowest BCUT2D eigenvalue weighted by molar-refractivity contribution is -0.122. The number of fused-ring (bicyclic) bond motifs is 1. The summed E-state index contributed by atoms with van der Waals surface area (Å²) < 4.78 is 11.0. The van der Waals surface area contributed by atoms with E-state index in [9.17, 15) is 4.79 Å². The Morgan fingerprint density at radius 1 is 1.44 bits per heavy atom. The number of thiophene rings is 1. The summed E-state index contributed by atoms with van der Waals surface area (Å²) in [7, 11) is 0. The quantitative estimate of drug-likeness (QED) is 0.799. The standard InChI is InChI=1S/C18H21ClN2O3S/c1-2-21(10-17(22)20-8-16-4-3-5-25-16)9-13-6-15(19)7-14-11-23-12-24-18(13)14/h3-7H,2,8-12H2,1H3,(H,20,22). The molecular formula is C18H21ClN2O3S. The maximum absolute atomic E-state index is 12.2. The lowest BCUT2D eigenvalue weighted by Crippen LogP contribution is -2.36. The maximum atomic E-state index is 12.2. The third-order valence-corrected chi connectivity index (χ3v) is 5.09. The van der Waals surface area contributed by atoms with E-state index in [1.165, 1.54) is 0 Å². The Hall–Kier alpha value is -1.60. The van der Waals surface area contributed by atoms with Gasteiger partial charge >= 0.3 is 0 Å². The summed E-state index contributed by atoms with van der Waals surface area (Å²) in [6, 6.07) is 7.76. The van der Waals surface area contributed by atoms with Crippen molar-refractivity contribution in [2.75, 3.05) is 19.9 Å². The Balaban J connectivity index is 1.62. The summed E-state index contributed by atoms with van der Waals surface area (Å²) >= 11 is 7.85. The molecule has 0 bridgehead atoms. The van der Waals surface area contributed by atoms with Crippen LogP contribution in [0.1, 0.15) is 22.9 Å². The van der Waals surface area contributed by atoms with E-state index < -0.39 is 0 Å². The number of carbonyl (C=O) groups is 1. The van der Waals surface area contributed by atoms with Crippen molar-refractivity contribution in [3.8, 4) is 5.75 Å². The number of benzene rings is 1. The van der Waals surface area contributed by atoms with Crippen LogP contribution in [0.4, 0.5) is 0 Å². The number of carbonyl (C=O) groups excluding carboxylic acids is 1. The van der Waals surface area contributed by atoms with Crippen LogP contribution in [0.15, 0.2) is 29.6 Å². The lowest BCUT2D eigenvalue weighted by Gasteiger charge is -2.25. The molecule has 1 aliphatic heterocycles. The zero-order valence-electron chi connectivity index (χ0n) is 14.1. The van der Waals surface area contributed by atoms with Crippen molar-refractivity contribution in [3.05, 3.63) is 50.7 Å². The molecular weight excluding hydrogens is 360 g/mol. The summed E-state index contributed by atoms with van der Waals surface area (Å²) in [6.07, 6.45) is 0. The van der Waals surface area contributed by atoms with Crippen LogP contribution in [0.2, 0.25) is 5.02 Å². The van der Waals surface area contributed by atoms with E-state index in [1.54, 1.807) is 11.3 Å². The zero-order valence-corrected chi connectivity index (χ0v) is 15.7. The van der Waals surface area contributed by atoms with Gasteiger partial charge in [-0.1, -0.05) is 24.6 Å². The molecule has 2 heterocycles. The Kier molecular flexibility index (Phi) is 6.31. The first-order valence-corrected chi connectivity index (χ1v) is 9.44. The summed E-state index contributed by atoms with van der Waals surface area (Å²) in [5.41, 5.74) is 1.94. The van der Waals surface area contributed by atoms with Gasteiger partial charge in [-0.3, -0.25) is 9.69 Å². The van der Waals surface area contributed by atoms with Gasteiger partial charge < -0.3 is 14.8 Å². The van der Waals surface area contributed by atoms with Crippen molar-refractivity contribution in [2.45, 2.75) is 26.6 Å². The van der Waals surface area contributed by atoms with E-state index in [1.807, 2.05) is 36.6 Å². The highest BCUT2D eigenvalue weighted by Crippen LogP contribution is 2.32. The van der Waals surface area contributed by atoms with Crippen molar-refractivity contribution >= 4 is 28.8 Å². The molecule has 1 N–H and O–H groups in total. The molecule has 0 saturated heterocycles. The summed E-state index contributed by atoms with van der Waals surface area (Å²) in [5, 5.41) is 5.62. The lowest BCUT2D eigenvalue weighted by atomic mass is 10.1. The number of halogens is 1. The molecule has 1 aromatic heterocycles. The Labute approximate surface area is 156 Å². The number of ether oxygens (including phenoxy) is 2. The first-order chi connectivity index (χ1) is 12.2. The molecule has 5 nitrogen and oxygen atoms in total. The molecule has 1 aromatic carbocycles. The minimum Gasteiger partial charge on any atom is -0.467 e.